The van der Waals surface area contributed by atoms with Crippen LogP contribution in [0.3, 0.4) is 0 Å². The van der Waals surface area contributed by atoms with Gasteiger partial charge in [-0.3, -0.25) is 14.4 Å². The molecule has 3 aromatic rings. The summed E-state index contributed by atoms with van der Waals surface area (Å²) < 4.78 is 9.57. The number of nitrogens with one attached hydrogen (secondary N) is 4. The van der Waals surface area contributed by atoms with Crippen molar-refractivity contribution in [1.82, 2.24) is 21.3 Å². The van der Waals surface area contributed by atoms with E-state index in [1.54, 1.807) is 32.9 Å². The van der Waals surface area contributed by atoms with Crippen LogP contribution in [0.4, 0.5) is 9.59 Å². The quantitative estimate of drug-likeness (QED) is 0.125. The zero-order valence-electron chi connectivity index (χ0n) is 32.8. The van der Waals surface area contributed by atoms with Gasteiger partial charge in [0.1, 0.15) is 12.1 Å². The maximum atomic E-state index is 13.9. The monoisotopic (exact) mass is 744 g/mol. The number of benzene rings is 3. The van der Waals surface area contributed by atoms with Crippen molar-refractivity contribution in [3.05, 3.63) is 95.6 Å². The molecular formula is C42H56N4O8. The molecule has 0 spiro atoms. The van der Waals surface area contributed by atoms with E-state index < -0.39 is 65.1 Å². The van der Waals surface area contributed by atoms with Crippen LogP contribution in [0.1, 0.15) is 76.4 Å². The molecule has 0 aromatic heterocycles. The van der Waals surface area contributed by atoms with Crippen molar-refractivity contribution < 1.29 is 38.6 Å². The second-order valence-electron chi connectivity index (χ2n) is 15.7. The van der Waals surface area contributed by atoms with E-state index in [-0.39, 0.29) is 18.6 Å². The predicted octanol–water partition coefficient (Wildman–Crippen LogP) is 5.60. The van der Waals surface area contributed by atoms with Crippen molar-refractivity contribution in [1.29, 1.82) is 0 Å². The minimum absolute atomic E-state index is 0.0171. The van der Waals surface area contributed by atoms with E-state index in [0.29, 0.717) is 12.0 Å². The molecule has 0 aliphatic heterocycles. The predicted molar refractivity (Wildman–Crippen MR) is 208 cm³/mol. The number of carbonyl (C=O) groups is 5. The third-order valence-electron chi connectivity index (χ3n) is 9.18. The van der Waals surface area contributed by atoms with Crippen LogP contribution in [0.25, 0.3) is 11.1 Å². The topological polar surface area (TPSA) is 172 Å². The Morgan fingerprint density at radius 1 is 0.611 bits per heavy atom. The molecule has 0 unspecified atom stereocenters. The highest BCUT2D eigenvalue weighted by Crippen LogP contribution is 2.25. The third-order valence-corrected chi connectivity index (χ3v) is 9.18. The van der Waals surface area contributed by atoms with Gasteiger partial charge in [0.05, 0.1) is 26.4 Å². The van der Waals surface area contributed by atoms with Crippen LogP contribution in [-0.4, -0.2) is 79.4 Å². The molecule has 5 atom stereocenters. The van der Waals surface area contributed by atoms with Crippen molar-refractivity contribution in [3.8, 4) is 11.1 Å². The summed E-state index contributed by atoms with van der Waals surface area (Å²) in [7, 11) is 2.44. The number of carbonyl (C=O) groups excluding carboxylic acids is 5. The van der Waals surface area contributed by atoms with Crippen molar-refractivity contribution in [2.75, 3.05) is 14.2 Å². The molecule has 292 valence electrons. The molecule has 3 rings (SSSR count). The average molecular weight is 745 g/mol. The van der Waals surface area contributed by atoms with Crippen molar-refractivity contribution in [2.24, 2.45) is 10.8 Å². The van der Waals surface area contributed by atoms with E-state index in [0.717, 1.165) is 22.3 Å². The Labute approximate surface area is 318 Å². The van der Waals surface area contributed by atoms with Gasteiger partial charge in [0, 0.05) is 11.6 Å². The number of rotatable bonds is 15. The van der Waals surface area contributed by atoms with E-state index in [9.17, 15) is 29.1 Å². The number of ether oxygens (including phenoxy) is 2. The SMILES string of the molecule is COC(=O)N[C@H](C(=O)N[C@@H](Cc1ccccc1)C[C@H](O)[C@H](Cc1ccc(-c2ccc(C(C)=O)cc2)cc1)NC(=O)[C@@H](NC(=O)OC)C(C)(C)C)C(C)(C)C. The summed E-state index contributed by atoms with van der Waals surface area (Å²) in [5, 5.41) is 23.3. The maximum Gasteiger partial charge on any atom is 0.407 e. The van der Waals surface area contributed by atoms with Gasteiger partial charge in [0.15, 0.2) is 5.78 Å². The van der Waals surface area contributed by atoms with E-state index >= 15 is 0 Å². The van der Waals surface area contributed by atoms with E-state index in [4.69, 9.17) is 9.47 Å². The molecule has 0 saturated heterocycles. The smallest absolute Gasteiger partial charge is 0.407 e. The van der Waals surface area contributed by atoms with Gasteiger partial charge in [-0.25, -0.2) is 9.59 Å². The summed E-state index contributed by atoms with van der Waals surface area (Å²) in [6.07, 6.45) is -2.10. The standard InChI is InChI=1S/C42H56N4O8/c1-26(47)29-19-21-31(22-20-29)30-17-15-28(16-18-30)24-33(44-38(50)36(42(5,6)7)46-40(52)54-9)34(48)25-32(23-27-13-11-10-12-14-27)43-37(49)35(41(2,3)4)45-39(51)53-8/h10-22,32-36,48H,23-25H2,1-9H3,(H,43,49)(H,44,50)(H,45,51)(H,46,52)/t32-,33-,34-,35+,36+/m0/s1. The Kier molecular flexibility index (Phi) is 15.4. The van der Waals surface area contributed by atoms with Crippen LogP contribution in [0.2, 0.25) is 0 Å². The highest BCUT2D eigenvalue weighted by atomic mass is 16.5. The summed E-state index contributed by atoms with van der Waals surface area (Å²) >= 11 is 0. The van der Waals surface area contributed by atoms with Crippen LogP contribution < -0.4 is 21.3 Å². The number of alkyl carbamates (subject to hydrolysis) is 2. The molecule has 0 saturated carbocycles. The molecule has 3 aromatic carbocycles. The molecule has 54 heavy (non-hydrogen) atoms. The van der Waals surface area contributed by atoms with Gasteiger partial charge in [-0.2, -0.15) is 0 Å². The van der Waals surface area contributed by atoms with Gasteiger partial charge in [0.25, 0.3) is 0 Å². The lowest BCUT2D eigenvalue weighted by atomic mass is 9.85. The molecule has 4 amide bonds. The Bertz CT molecular complexity index is 1710. The zero-order valence-corrected chi connectivity index (χ0v) is 32.8. The number of aliphatic hydroxyl groups is 1. The van der Waals surface area contributed by atoms with Crippen LogP contribution in [-0.2, 0) is 31.9 Å². The first-order valence-electron chi connectivity index (χ1n) is 18.0. The number of hydrogen-bond acceptors (Lipinski definition) is 8. The second kappa shape index (κ2) is 19.2. The Morgan fingerprint density at radius 3 is 1.50 bits per heavy atom. The molecule has 0 bridgehead atoms. The fraction of sp³-hybridized carbons (Fsp3) is 0.452. The third kappa shape index (κ3) is 13.0. The first-order valence-corrected chi connectivity index (χ1v) is 18.0. The van der Waals surface area contributed by atoms with Crippen molar-refractivity contribution in [3.63, 3.8) is 0 Å². The summed E-state index contributed by atoms with van der Waals surface area (Å²) in [5.41, 5.74) is 2.79. The van der Waals surface area contributed by atoms with Crippen LogP contribution in [0.15, 0.2) is 78.9 Å². The van der Waals surface area contributed by atoms with Crippen LogP contribution in [0.5, 0.6) is 0 Å². The maximum absolute atomic E-state index is 13.9. The molecule has 5 N–H and O–H groups in total. The lowest BCUT2D eigenvalue weighted by Gasteiger charge is -2.34. The van der Waals surface area contributed by atoms with Crippen molar-refractivity contribution in [2.45, 2.75) is 98.0 Å². The van der Waals surface area contributed by atoms with Gasteiger partial charge in [-0.1, -0.05) is 120 Å². The first-order chi connectivity index (χ1) is 25.3. The van der Waals surface area contributed by atoms with E-state index in [1.807, 2.05) is 87.5 Å². The summed E-state index contributed by atoms with van der Waals surface area (Å²) in [4.78, 5) is 63.9. The number of aliphatic hydroxyl groups excluding tert-OH is 1. The van der Waals surface area contributed by atoms with Gasteiger partial charge < -0.3 is 35.8 Å². The number of Topliss-reactive ketones (excluding diaryl/α,β-unsaturated/α-hetero) is 1. The molecule has 0 fully saturated rings. The Balaban J connectivity index is 1.97. The fourth-order valence-corrected chi connectivity index (χ4v) is 6.07. The first kappa shape index (κ1) is 43.2. The van der Waals surface area contributed by atoms with Gasteiger partial charge in [-0.05, 0) is 59.3 Å². The molecule has 0 aliphatic carbocycles. The number of hydrogen-bond donors (Lipinski definition) is 5. The van der Waals surface area contributed by atoms with Crippen LogP contribution >= 0.6 is 0 Å². The highest BCUT2D eigenvalue weighted by Gasteiger charge is 2.37. The molecule has 12 heteroatoms. The Morgan fingerprint density at radius 2 is 1.06 bits per heavy atom. The van der Waals surface area contributed by atoms with Gasteiger partial charge in [-0.15, -0.1) is 0 Å². The minimum atomic E-state index is -1.18. The number of amides is 4. The van der Waals surface area contributed by atoms with Gasteiger partial charge >= 0.3 is 12.2 Å². The molecule has 0 radical (unpaired) electrons. The van der Waals surface area contributed by atoms with E-state index in [1.165, 1.54) is 21.1 Å². The molecular weight excluding hydrogens is 688 g/mol. The zero-order chi connectivity index (χ0) is 40.2. The second-order valence-corrected chi connectivity index (χ2v) is 15.7. The molecule has 12 nitrogen and oxygen atoms in total. The Hall–Kier alpha value is -5.23. The minimum Gasteiger partial charge on any atom is -0.453 e. The number of methoxy groups -OCH3 is 2. The lowest BCUT2D eigenvalue weighted by Crippen LogP contribution is -2.59. The molecule has 0 aliphatic rings. The van der Waals surface area contributed by atoms with Crippen LogP contribution in [0, 0.1) is 10.8 Å². The summed E-state index contributed by atoms with van der Waals surface area (Å²) in [6, 6.07) is 21.0. The molecule has 0 heterocycles. The average Bonchev–Trinajstić information content (AvgIpc) is 3.11. The fourth-order valence-electron chi connectivity index (χ4n) is 6.07. The van der Waals surface area contributed by atoms with Gasteiger partial charge in [0.2, 0.25) is 11.8 Å². The normalized spacial score (nSPS) is 14.3. The number of ketones is 1. The van der Waals surface area contributed by atoms with Crippen molar-refractivity contribution >= 4 is 29.8 Å². The summed E-state index contributed by atoms with van der Waals surface area (Å²) in [6.45, 7) is 12.4. The lowest BCUT2D eigenvalue weighted by molar-refractivity contribution is -0.128. The largest absolute Gasteiger partial charge is 0.453 e. The highest BCUT2D eigenvalue weighted by molar-refractivity contribution is 5.94. The van der Waals surface area contributed by atoms with E-state index in [2.05, 4.69) is 21.3 Å². The summed E-state index contributed by atoms with van der Waals surface area (Å²) in [5.74, 6) is -0.988.